The number of ether oxygens (including phenoxy) is 1. The van der Waals surface area contributed by atoms with Crippen molar-refractivity contribution >= 4 is 16.0 Å². The second-order valence-electron chi connectivity index (χ2n) is 6.22. The third-order valence-corrected chi connectivity index (χ3v) is 6.65. The van der Waals surface area contributed by atoms with Gasteiger partial charge in [0.1, 0.15) is 0 Å². The zero-order chi connectivity index (χ0) is 16.3. The molecule has 0 bridgehead atoms. The number of aromatic nitrogens is 2. The highest BCUT2D eigenvalue weighted by Gasteiger charge is 2.42. The molecule has 0 atom stereocenters. The molecule has 8 heteroatoms. The van der Waals surface area contributed by atoms with Crippen LogP contribution >= 0.6 is 0 Å². The van der Waals surface area contributed by atoms with E-state index in [1.54, 1.807) is 22.8 Å². The molecule has 1 spiro atoms. The summed E-state index contributed by atoms with van der Waals surface area (Å²) in [4.78, 5) is 10.8. The highest BCUT2D eigenvalue weighted by molar-refractivity contribution is 7.89. The molecule has 2 saturated heterocycles. The lowest BCUT2D eigenvalue weighted by Crippen LogP contribution is -2.58. The van der Waals surface area contributed by atoms with E-state index in [0.717, 1.165) is 31.9 Å². The molecule has 1 aromatic rings. The highest BCUT2D eigenvalue weighted by atomic mass is 32.2. The summed E-state index contributed by atoms with van der Waals surface area (Å²) in [5.74, 6) is 0.946. The van der Waals surface area contributed by atoms with Gasteiger partial charge in [-0.3, -0.25) is 0 Å². The Morgan fingerprint density at radius 1 is 1.22 bits per heavy atom. The Hall–Kier alpha value is -1.25. The van der Waals surface area contributed by atoms with Crippen LogP contribution in [0.2, 0.25) is 0 Å². The Bertz CT molecular complexity index is 615. The summed E-state index contributed by atoms with van der Waals surface area (Å²) in [5.41, 5.74) is -0.282. The average Bonchev–Trinajstić information content (AvgIpc) is 2.56. The third kappa shape index (κ3) is 3.64. The molecule has 128 valence electrons. The fourth-order valence-electron chi connectivity index (χ4n) is 3.33. The average molecular weight is 340 g/mol. The Labute approximate surface area is 137 Å². The zero-order valence-electron chi connectivity index (χ0n) is 13.5. The van der Waals surface area contributed by atoms with Crippen molar-refractivity contribution in [2.24, 2.45) is 0 Å². The van der Waals surface area contributed by atoms with Gasteiger partial charge in [-0.15, -0.1) is 0 Å². The molecule has 2 fully saturated rings. The summed E-state index contributed by atoms with van der Waals surface area (Å²) < 4.78 is 32.1. The molecule has 7 nitrogen and oxygen atoms in total. The van der Waals surface area contributed by atoms with Gasteiger partial charge in [0.2, 0.25) is 16.0 Å². The number of hydrogen-bond donors (Lipinski definition) is 0. The summed E-state index contributed by atoms with van der Waals surface area (Å²) in [6.45, 7) is 5.07. The van der Waals surface area contributed by atoms with E-state index in [9.17, 15) is 8.42 Å². The van der Waals surface area contributed by atoms with Gasteiger partial charge in [-0.1, -0.05) is 6.92 Å². The first-order valence-electron chi connectivity index (χ1n) is 8.18. The van der Waals surface area contributed by atoms with E-state index in [1.165, 1.54) is 0 Å². The number of anilines is 1. The Morgan fingerprint density at radius 2 is 1.91 bits per heavy atom. The molecule has 0 N–H and O–H groups in total. The van der Waals surface area contributed by atoms with Crippen molar-refractivity contribution < 1.29 is 13.2 Å². The van der Waals surface area contributed by atoms with Gasteiger partial charge in [-0.25, -0.2) is 22.7 Å². The lowest BCUT2D eigenvalue weighted by Gasteiger charge is -2.46. The molecule has 0 amide bonds. The van der Waals surface area contributed by atoms with Crippen LogP contribution in [-0.4, -0.2) is 66.8 Å². The van der Waals surface area contributed by atoms with E-state index in [0.29, 0.717) is 26.1 Å². The first-order valence-corrected chi connectivity index (χ1v) is 9.79. The smallest absolute Gasteiger partial charge is 0.225 e. The molecular formula is C15H24N4O3S. The van der Waals surface area contributed by atoms with Gasteiger partial charge >= 0.3 is 0 Å². The van der Waals surface area contributed by atoms with Crippen molar-refractivity contribution in [2.75, 3.05) is 43.4 Å². The molecule has 3 rings (SSSR count). The quantitative estimate of drug-likeness (QED) is 0.810. The summed E-state index contributed by atoms with van der Waals surface area (Å²) >= 11 is 0. The first-order chi connectivity index (χ1) is 11.0. The Morgan fingerprint density at radius 3 is 2.57 bits per heavy atom. The normalized spacial score (nSPS) is 22.4. The predicted molar refractivity (Wildman–Crippen MR) is 87.8 cm³/mol. The molecule has 3 heterocycles. The maximum Gasteiger partial charge on any atom is 0.225 e. The minimum atomic E-state index is -3.11. The number of piperidine rings is 1. The molecule has 0 radical (unpaired) electrons. The summed E-state index contributed by atoms with van der Waals surface area (Å²) in [7, 11) is -3.11. The van der Waals surface area contributed by atoms with Gasteiger partial charge < -0.3 is 9.64 Å². The van der Waals surface area contributed by atoms with Crippen LogP contribution in [0.15, 0.2) is 18.5 Å². The monoisotopic (exact) mass is 340 g/mol. The molecule has 0 aliphatic carbocycles. The van der Waals surface area contributed by atoms with Crippen LogP contribution in [0.5, 0.6) is 0 Å². The second-order valence-corrected chi connectivity index (χ2v) is 8.31. The van der Waals surface area contributed by atoms with Crippen LogP contribution in [0.1, 0.15) is 26.2 Å². The minimum Gasteiger partial charge on any atom is -0.371 e. The van der Waals surface area contributed by atoms with Gasteiger partial charge in [0.25, 0.3) is 0 Å². The fourth-order valence-corrected chi connectivity index (χ4v) is 4.84. The van der Waals surface area contributed by atoms with E-state index in [2.05, 4.69) is 14.9 Å². The fraction of sp³-hybridized carbons (Fsp3) is 0.733. The van der Waals surface area contributed by atoms with Crippen LogP contribution in [0.4, 0.5) is 5.95 Å². The van der Waals surface area contributed by atoms with Crippen molar-refractivity contribution in [3.8, 4) is 0 Å². The van der Waals surface area contributed by atoms with E-state index >= 15 is 0 Å². The van der Waals surface area contributed by atoms with Crippen LogP contribution in [0.3, 0.4) is 0 Å². The summed E-state index contributed by atoms with van der Waals surface area (Å²) in [6.07, 6.45) is 5.58. The van der Waals surface area contributed by atoms with Gasteiger partial charge in [0.05, 0.1) is 24.5 Å². The highest BCUT2D eigenvalue weighted by Crippen LogP contribution is 2.32. The SMILES string of the molecule is CCCS(=O)(=O)N1CCC2(CC1)CN(c1ncccn1)CCO2. The lowest BCUT2D eigenvalue weighted by molar-refractivity contribution is -0.0828. The molecule has 2 aliphatic heterocycles. The number of sulfonamides is 1. The van der Waals surface area contributed by atoms with E-state index in [-0.39, 0.29) is 11.4 Å². The van der Waals surface area contributed by atoms with Crippen molar-refractivity contribution in [2.45, 2.75) is 31.8 Å². The van der Waals surface area contributed by atoms with Gasteiger partial charge in [-0.2, -0.15) is 0 Å². The van der Waals surface area contributed by atoms with Gasteiger partial charge in [0.15, 0.2) is 0 Å². The molecule has 1 aromatic heterocycles. The van der Waals surface area contributed by atoms with E-state index in [4.69, 9.17) is 4.74 Å². The van der Waals surface area contributed by atoms with Crippen LogP contribution < -0.4 is 4.90 Å². The first kappa shape index (κ1) is 16.6. The van der Waals surface area contributed by atoms with Crippen LogP contribution in [0.25, 0.3) is 0 Å². The number of morpholine rings is 1. The molecular weight excluding hydrogens is 316 g/mol. The largest absolute Gasteiger partial charge is 0.371 e. The second kappa shape index (κ2) is 6.70. The molecule has 0 unspecified atom stereocenters. The van der Waals surface area contributed by atoms with E-state index < -0.39 is 10.0 Å². The van der Waals surface area contributed by atoms with Gasteiger partial charge in [0, 0.05) is 32.0 Å². The van der Waals surface area contributed by atoms with Crippen LogP contribution in [0, 0.1) is 0 Å². The number of rotatable bonds is 4. The molecule has 23 heavy (non-hydrogen) atoms. The third-order valence-electron chi connectivity index (χ3n) is 4.57. The van der Waals surface area contributed by atoms with Gasteiger partial charge in [-0.05, 0) is 25.3 Å². The molecule has 0 saturated carbocycles. The molecule has 0 aromatic carbocycles. The summed E-state index contributed by atoms with van der Waals surface area (Å²) in [6, 6.07) is 1.80. The van der Waals surface area contributed by atoms with Crippen molar-refractivity contribution in [3.63, 3.8) is 0 Å². The standard InChI is InChI=1S/C15H24N4O3S/c1-2-12-23(20,21)19-8-4-15(5-9-19)13-18(10-11-22-15)14-16-6-3-7-17-14/h3,6-7H,2,4-5,8-13H2,1H3. The van der Waals surface area contributed by atoms with Crippen LogP contribution in [-0.2, 0) is 14.8 Å². The maximum absolute atomic E-state index is 12.2. The minimum absolute atomic E-state index is 0.227. The topological polar surface area (TPSA) is 75.6 Å². The summed E-state index contributed by atoms with van der Waals surface area (Å²) in [5, 5.41) is 0. The Balaban J connectivity index is 1.65. The predicted octanol–water partition coefficient (Wildman–Crippen LogP) is 0.888. The zero-order valence-corrected chi connectivity index (χ0v) is 14.3. The Kier molecular flexibility index (Phi) is 4.84. The lowest BCUT2D eigenvalue weighted by atomic mass is 9.90. The van der Waals surface area contributed by atoms with E-state index in [1.807, 2.05) is 6.92 Å². The van der Waals surface area contributed by atoms with Crippen molar-refractivity contribution in [1.29, 1.82) is 0 Å². The van der Waals surface area contributed by atoms with Crippen molar-refractivity contribution in [1.82, 2.24) is 14.3 Å². The van der Waals surface area contributed by atoms with Crippen molar-refractivity contribution in [3.05, 3.63) is 18.5 Å². The number of hydrogen-bond acceptors (Lipinski definition) is 6. The molecule has 2 aliphatic rings. The number of nitrogens with zero attached hydrogens (tertiary/aromatic N) is 4. The maximum atomic E-state index is 12.2.